The summed E-state index contributed by atoms with van der Waals surface area (Å²) in [6.45, 7) is 4.44. The van der Waals surface area contributed by atoms with Gasteiger partial charge in [0.05, 0.1) is 11.7 Å². The molecule has 1 aliphatic heterocycles. The van der Waals surface area contributed by atoms with Crippen LogP contribution in [0.5, 0.6) is 0 Å². The van der Waals surface area contributed by atoms with E-state index in [2.05, 4.69) is 15.4 Å². The Labute approximate surface area is 166 Å². The molecule has 2 amide bonds. The smallest absolute Gasteiger partial charge is 0.247 e. The fourth-order valence-electron chi connectivity index (χ4n) is 3.10. The standard InChI is InChI=1S/C17H18Cl2N6O2/c1-11-20-22-25(21-11)15-8-13(7-14(19)9-15)16-10-23(17(27)3-4-18)5-6-24(16)12(2)26/h3-4,7-9,16H,5-6,10H2,1-2H3/b4-3-/t16-/m0/s1. The number of tetrazole rings is 1. The number of rotatable bonds is 3. The molecule has 1 aromatic heterocycles. The molecule has 0 saturated carbocycles. The molecule has 0 unspecified atom stereocenters. The van der Waals surface area contributed by atoms with Crippen molar-refractivity contribution in [2.24, 2.45) is 0 Å². The average molecular weight is 409 g/mol. The highest BCUT2D eigenvalue weighted by molar-refractivity contribution is 6.30. The first kappa shape index (κ1) is 19.3. The van der Waals surface area contributed by atoms with Gasteiger partial charge in [0.1, 0.15) is 0 Å². The van der Waals surface area contributed by atoms with Crippen LogP contribution in [0.4, 0.5) is 0 Å². The largest absolute Gasteiger partial charge is 0.335 e. The molecule has 0 aliphatic carbocycles. The third-order valence-electron chi connectivity index (χ3n) is 4.34. The van der Waals surface area contributed by atoms with Crippen molar-refractivity contribution in [1.82, 2.24) is 30.0 Å². The number of hydrogen-bond acceptors (Lipinski definition) is 5. The second-order valence-corrected chi connectivity index (χ2v) is 6.86. The number of carbonyl (C=O) groups is 2. The van der Waals surface area contributed by atoms with E-state index >= 15 is 0 Å². The molecule has 1 aliphatic rings. The second kappa shape index (κ2) is 8.06. The van der Waals surface area contributed by atoms with Gasteiger partial charge in [-0.25, -0.2) is 0 Å². The zero-order valence-corrected chi connectivity index (χ0v) is 16.4. The second-order valence-electron chi connectivity index (χ2n) is 6.17. The number of piperazine rings is 1. The number of hydrogen-bond donors (Lipinski definition) is 0. The lowest BCUT2D eigenvalue weighted by Gasteiger charge is -2.41. The van der Waals surface area contributed by atoms with Gasteiger partial charge >= 0.3 is 0 Å². The molecule has 0 N–H and O–H groups in total. The molecular weight excluding hydrogens is 391 g/mol. The van der Waals surface area contributed by atoms with Gasteiger partial charge in [-0.1, -0.05) is 23.2 Å². The third-order valence-corrected chi connectivity index (χ3v) is 4.68. The molecule has 1 atom stereocenters. The first-order valence-corrected chi connectivity index (χ1v) is 9.11. The van der Waals surface area contributed by atoms with Crippen molar-refractivity contribution < 1.29 is 9.59 Å². The molecule has 142 valence electrons. The maximum atomic E-state index is 12.2. The number of nitrogens with zero attached hydrogens (tertiary/aromatic N) is 6. The Morgan fingerprint density at radius 1 is 1.26 bits per heavy atom. The first-order valence-electron chi connectivity index (χ1n) is 8.29. The van der Waals surface area contributed by atoms with Gasteiger partial charge in [-0.2, -0.15) is 0 Å². The first-order chi connectivity index (χ1) is 12.9. The normalized spacial score (nSPS) is 17.6. The van der Waals surface area contributed by atoms with Gasteiger partial charge in [-0.05, 0) is 35.9 Å². The molecule has 2 heterocycles. The Hall–Kier alpha value is -2.45. The summed E-state index contributed by atoms with van der Waals surface area (Å²) in [4.78, 5) is 29.1. The summed E-state index contributed by atoms with van der Waals surface area (Å²) in [5.41, 5.74) is 2.60. The van der Waals surface area contributed by atoms with Gasteiger partial charge < -0.3 is 9.80 Å². The molecule has 1 saturated heterocycles. The summed E-state index contributed by atoms with van der Waals surface area (Å²) in [7, 11) is 0. The molecular formula is C17H18Cl2N6O2. The molecule has 1 fully saturated rings. The van der Waals surface area contributed by atoms with Crippen molar-refractivity contribution in [3.05, 3.63) is 46.2 Å². The van der Waals surface area contributed by atoms with E-state index in [-0.39, 0.29) is 17.9 Å². The number of halogens is 2. The zero-order valence-electron chi connectivity index (χ0n) is 14.8. The number of aromatic nitrogens is 4. The third kappa shape index (κ3) is 4.28. The van der Waals surface area contributed by atoms with E-state index in [4.69, 9.17) is 23.2 Å². The minimum absolute atomic E-state index is 0.0729. The Balaban J connectivity index is 1.98. The topological polar surface area (TPSA) is 84.2 Å². The van der Waals surface area contributed by atoms with E-state index in [1.807, 2.05) is 6.07 Å². The Bertz CT molecular complexity index is 897. The van der Waals surface area contributed by atoms with Crippen LogP contribution in [0, 0.1) is 6.92 Å². The van der Waals surface area contributed by atoms with E-state index in [0.717, 1.165) is 5.56 Å². The quantitative estimate of drug-likeness (QED) is 0.726. The monoisotopic (exact) mass is 408 g/mol. The highest BCUT2D eigenvalue weighted by Gasteiger charge is 2.32. The van der Waals surface area contributed by atoms with Gasteiger partial charge in [-0.15, -0.1) is 15.0 Å². The van der Waals surface area contributed by atoms with Gasteiger partial charge in [-0.3, -0.25) is 9.59 Å². The van der Waals surface area contributed by atoms with Crippen LogP contribution >= 0.6 is 23.2 Å². The summed E-state index contributed by atoms with van der Waals surface area (Å²) in [5.74, 6) is 0.259. The van der Waals surface area contributed by atoms with Crippen LogP contribution in [0.2, 0.25) is 5.02 Å². The lowest BCUT2D eigenvalue weighted by Crippen LogP contribution is -2.51. The molecule has 2 aromatic rings. The fourth-order valence-corrected chi connectivity index (χ4v) is 3.45. The van der Waals surface area contributed by atoms with Gasteiger partial charge in [0.15, 0.2) is 5.82 Å². The van der Waals surface area contributed by atoms with Crippen LogP contribution in [0.15, 0.2) is 29.8 Å². The van der Waals surface area contributed by atoms with Gasteiger partial charge in [0, 0.05) is 43.2 Å². The summed E-state index contributed by atoms with van der Waals surface area (Å²) < 4.78 is 0. The summed E-state index contributed by atoms with van der Waals surface area (Å²) in [5, 5.41) is 12.5. The molecule has 0 radical (unpaired) electrons. The minimum atomic E-state index is -0.342. The van der Waals surface area contributed by atoms with Crippen LogP contribution < -0.4 is 0 Å². The van der Waals surface area contributed by atoms with Crippen molar-refractivity contribution in [2.75, 3.05) is 19.6 Å². The predicted octanol–water partition coefficient (Wildman–Crippen LogP) is 2.11. The van der Waals surface area contributed by atoms with Crippen LogP contribution in [0.25, 0.3) is 5.69 Å². The van der Waals surface area contributed by atoms with Crippen LogP contribution in [-0.2, 0) is 9.59 Å². The van der Waals surface area contributed by atoms with Crippen LogP contribution in [0.1, 0.15) is 24.4 Å². The number of amides is 2. The van der Waals surface area contributed by atoms with Crippen LogP contribution in [0.3, 0.4) is 0 Å². The predicted molar refractivity (Wildman–Crippen MR) is 101 cm³/mol. The van der Waals surface area contributed by atoms with Crippen molar-refractivity contribution in [3.8, 4) is 5.69 Å². The average Bonchev–Trinajstić information content (AvgIpc) is 3.07. The van der Waals surface area contributed by atoms with Gasteiger partial charge in [0.25, 0.3) is 0 Å². The Morgan fingerprint density at radius 3 is 2.67 bits per heavy atom. The maximum Gasteiger partial charge on any atom is 0.247 e. The Morgan fingerprint density at radius 2 is 2.04 bits per heavy atom. The molecule has 27 heavy (non-hydrogen) atoms. The van der Waals surface area contributed by atoms with Gasteiger partial charge in [0.2, 0.25) is 11.8 Å². The lowest BCUT2D eigenvalue weighted by atomic mass is 10.0. The Kier molecular flexibility index (Phi) is 5.76. The van der Waals surface area contributed by atoms with Crippen molar-refractivity contribution in [2.45, 2.75) is 19.9 Å². The van der Waals surface area contributed by atoms with Crippen molar-refractivity contribution >= 4 is 35.0 Å². The molecule has 1 aromatic carbocycles. The highest BCUT2D eigenvalue weighted by Crippen LogP contribution is 2.29. The van der Waals surface area contributed by atoms with E-state index in [1.165, 1.54) is 23.3 Å². The summed E-state index contributed by atoms with van der Waals surface area (Å²) >= 11 is 11.8. The van der Waals surface area contributed by atoms with E-state index < -0.39 is 0 Å². The van der Waals surface area contributed by atoms with E-state index in [0.29, 0.717) is 36.2 Å². The summed E-state index contributed by atoms with van der Waals surface area (Å²) in [6, 6.07) is 5.00. The zero-order chi connectivity index (χ0) is 19.6. The van der Waals surface area contributed by atoms with Crippen molar-refractivity contribution in [3.63, 3.8) is 0 Å². The van der Waals surface area contributed by atoms with Crippen molar-refractivity contribution in [1.29, 1.82) is 0 Å². The van der Waals surface area contributed by atoms with E-state index in [1.54, 1.807) is 28.9 Å². The molecule has 0 spiro atoms. The molecule has 0 bridgehead atoms. The molecule has 3 rings (SSSR count). The number of aryl methyl sites for hydroxylation is 1. The number of carbonyl (C=O) groups excluding carboxylic acids is 2. The fraction of sp³-hybridized carbons (Fsp3) is 0.353. The molecule has 10 heteroatoms. The number of benzene rings is 1. The molecule has 8 nitrogen and oxygen atoms in total. The lowest BCUT2D eigenvalue weighted by molar-refractivity contribution is -0.139. The minimum Gasteiger partial charge on any atom is -0.335 e. The highest BCUT2D eigenvalue weighted by atomic mass is 35.5. The van der Waals surface area contributed by atoms with E-state index in [9.17, 15) is 9.59 Å². The maximum absolute atomic E-state index is 12.2. The van der Waals surface area contributed by atoms with Crippen LogP contribution in [-0.4, -0.2) is 61.5 Å². The summed E-state index contributed by atoms with van der Waals surface area (Å²) in [6.07, 6.45) is 1.30. The SMILES string of the molecule is CC(=O)N1CCN(C(=O)/C=C\Cl)C[C@H]1c1cc(Cl)cc(-n2nnc(C)n2)c1.